The minimum atomic E-state index is -0.107. The van der Waals surface area contributed by atoms with Crippen LogP contribution in [-0.4, -0.2) is 24.5 Å². The second-order valence-electron chi connectivity index (χ2n) is 4.73. The van der Waals surface area contributed by atoms with Gasteiger partial charge < -0.3 is 5.32 Å². The molecule has 1 atom stereocenters. The molecule has 0 spiro atoms. The van der Waals surface area contributed by atoms with Crippen molar-refractivity contribution in [2.24, 2.45) is 0 Å². The first-order valence-electron chi connectivity index (χ1n) is 6.08. The fourth-order valence-electron chi connectivity index (χ4n) is 2.87. The zero-order valence-electron chi connectivity index (χ0n) is 9.38. The highest BCUT2D eigenvalue weighted by Gasteiger charge is 2.27. The number of hydrogen-bond acceptors (Lipinski definition) is 2. The highest BCUT2D eigenvalue weighted by Crippen LogP contribution is 2.30. The summed E-state index contributed by atoms with van der Waals surface area (Å²) in [7, 11) is 0. The van der Waals surface area contributed by atoms with Gasteiger partial charge in [0, 0.05) is 19.1 Å². The van der Waals surface area contributed by atoms with E-state index in [-0.39, 0.29) is 5.82 Å². The number of benzene rings is 1. The fourth-order valence-corrected chi connectivity index (χ4v) is 2.87. The predicted molar refractivity (Wildman–Crippen MR) is 61.7 cm³/mol. The van der Waals surface area contributed by atoms with Crippen LogP contribution in [0.25, 0.3) is 0 Å². The molecule has 0 bridgehead atoms. The van der Waals surface area contributed by atoms with Crippen LogP contribution in [0.3, 0.4) is 0 Å². The fraction of sp³-hybridized carbons (Fsp3) is 0.538. The van der Waals surface area contributed by atoms with E-state index in [4.69, 9.17) is 0 Å². The Morgan fingerprint density at radius 3 is 2.88 bits per heavy atom. The Morgan fingerprint density at radius 2 is 2.06 bits per heavy atom. The van der Waals surface area contributed by atoms with Crippen molar-refractivity contribution in [3.05, 3.63) is 35.1 Å². The molecule has 0 amide bonds. The molecule has 1 fully saturated rings. The maximum atomic E-state index is 13.3. The minimum absolute atomic E-state index is 0.107. The topological polar surface area (TPSA) is 15.3 Å². The Balaban J connectivity index is 1.94. The first-order chi connectivity index (χ1) is 7.84. The summed E-state index contributed by atoms with van der Waals surface area (Å²) in [4.78, 5) is 2.48. The van der Waals surface area contributed by atoms with E-state index in [0.717, 1.165) is 26.2 Å². The number of fused-ring (bicyclic) bond motifs is 1. The lowest BCUT2D eigenvalue weighted by Crippen LogP contribution is -2.38. The summed E-state index contributed by atoms with van der Waals surface area (Å²) in [6.45, 7) is 4.14. The highest BCUT2D eigenvalue weighted by atomic mass is 19.1. The van der Waals surface area contributed by atoms with Gasteiger partial charge in [-0.25, -0.2) is 4.39 Å². The molecule has 1 aromatic carbocycles. The molecule has 0 radical (unpaired) electrons. The average molecular weight is 220 g/mol. The lowest BCUT2D eigenvalue weighted by Gasteiger charge is -2.33. The maximum absolute atomic E-state index is 13.3. The largest absolute Gasteiger partial charge is 0.311 e. The lowest BCUT2D eigenvalue weighted by atomic mass is 9.95. The van der Waals surface area contributed by atoms with Crippen LogP contribution in [0.4, 0.5) is 4.39 Å². The third-order valence-electron chi connectivity index (χ3n) is 3.70. The van der Waals surface area contributed by atoms with Gasteiger partial charge in [0.15, 0.2) is 0 Å². The van der Waals surface area contributed by atoms with Crippen LogP contribution in [-0.2, 0) is 6.54 Å². The number of halogens is 1. The van der Waals surface area contributed by atoms with Crippen molar-refractivity contribution < 1.29 is 4.39 Å². The Hall–Kier alpha value is -0.930. The van der Waals surface area contributed by atoms with E-state index < -0.39 is 0 Å². The molecule has 2 nitrogen and oxygen atoms in total. The molecule has 0 aliphatic carbocycles. The van der Waals surface area contributed by atoms with E-state index in [9.17, 15) is 4.39 Å². The lowest BCUT2D eigenvalue weighted by molar-refractivity contribution is 0.228. The van der Waals surface area contributed by atoms with Crippen LogP contribution in [0.15, 0.2) is 18.2 Å². The van der Waals surface area contributed by atoms with Crippen LogP contribution in [0.5, 0.6) is 0 Å². The van der Waals surface area contributed by atoms with Gasteiger partial charge in [-0.2, -0.15) is 0 Å². The third kappa shape index (κ3) is 1.74. The van der Waals surface area contributed by atoms with Gasteiger partial charge >= 0.3 is 0 Å². The van der Waals surface area contributed by atoms with Crippen LogP contribution in [0, 0.1) is 5.82 Å². The molecule has 2 heterocycles. The van der Waals surface area contributed by atoms with Crippen molar-refractivity contribution in [2.45, 2.75) is 25.4 Å². The smallest absolute Gasteiger partial charge is 0.123 e. The molecular formula is C13H17FN2. The molecule has 86 valence electrons. The van der Waals surface area contributed by atoms with Gasteiger partial charge in [-0.15, -0.1) is 0 Å². The Labute approximate surface area is 95.4 Å². The van der Waals surface area contributed by atoms with E-state index in [0.29, 0.717) is 6.04 Å². The molecule has 3 heteroatoms. The Bertz CT molecular complexity index is 386. The van der Waals surface area contributed by atoms with Gasteiger partial charge in [0.1, 0.15) is 5.82 Å². The second-order valence-corrected chi connectivity index (χ2v) is 4.73. The summed E-state index contributed by atoms with van der Waals surface area (Å²) in [6, 6.07) is 5.58. The van der Waals surface area contributed by atoms with Crippen molar-refractivity contribution in [1.29, 1.82) is 0 Å². The Kier molecular flexibility index (Phi) is 2.65. The molecule has 2 aliphatic heterocycles. The van der Waals surface area contributed by atoms with Crippen LogP contribution < -0.4 is 5.32 Å². The molecule has 1 saturated heterocycles. The Morgan fingerprint density at radius 1 is 1.25 bits per heavy atom. The molecular weight excluding hydrogens is 203 g/mol. The number of nitrogens with zero attached hydrogens (tertiary/aromatic N) is 1. The average Bonchev–Trinajstić information content (AvgIpc) is 2.81. The van der Waals surface area contributed by atoms with Crippen LogP contribution in [0.1, 0.15) is 30.0 Å². The molecule has 2 aliphatic rings. The highest BCUT2D eigenvalue weighted by molar-refractivity contribution is 5.33. The van der Waals surface area contributed by atoms with Crippen molar-refractivity contribution in [1.82, 2.24) is 10.2 Å². The van der Waals surface area contributed by atoms with Crippen molar-refractivity contribution in [2.75, 3.05) is 19.6 Å². The summed E-state index contributed by atoms with van der Waals surface area (Å²) in [6.07, 6.45) is 2.56. The van der Waals surface area contributed by atoms with Crippen molar-refractivity contribution in [3.8, 4) is 0 Å². The maximum Gasteiger partial charge on any atom is 0.123 e. The number of likely N-dealkylation sites (tertiary alicyclic amines) is 1. The first-order valence-corrected chi connectivity index (χ1v) is 6.08. The number of nitrogens with one attached hydrogen (secondary N) is 1. The van der Waals surface area contributed by atoms with E-state index in [2.05, 4.69) is 10.2 Å². The van der Waals surface area contributed by atoms with Crippen molar-refractivity contribution >= 4 is 0 Å². The summed E-state index contributed by atoms with van der Waals surface area (Å²) in [5.41, 5.74) is 2.45. The monoisotopic (exact) mass is 220 g/mol. The minimum Gasteiger partial charge on any atom is -0.311 e. The predicted octanol–water partition coefficient (Wildman–Crippen LogP) is 2.07. The zero-order chi connectivity index (χ0) is 11.0. The first kappa shape index (κ1) is 10.2. The molecule has 1 N–H and O–H groups in total. The summed E-state index contributed by atoms with van der Waals surface area (Å²) in [5, 5.41) is 3.42. The summed E-state index contributed by atoms with van der Waals surface area (Å²) >= 11 is 0. The van der Waals surface area contributed by atoms with E-state index >= 15 is 0 Å². The van der Waals surface area contributed by atoms with Crippen molar-refractivity contribution in [3.63, 3.8) is 0 Å². The van der Waals surface area contributed by atoms with Gasteiger partial charge in [-0.1, -0.05) is 6.07 Å². The molecule has 0 aromatic heterocycles. The second kappa shape index (κ2) is 4.15. The summed E-state index contributed by atoms with van der Waals surface area (Å²) in [5.74, 6) is -0.107. The van der Waals surface area contributed by atoms with Gasteiger partial charge in [0.25, 0.3) is 0 Å². The van der Waals surface area contributed by atoms with E-state index in [1.54, 1.807) is 12.1 Å². The SMILES string of the molecule is Fc1ccc2c(c1)[C@@H](N1CCCC1)CNC2. The van der Waals surface area contributed by atoms with Gasteiger partial charge in [0.2, 0.25) is 0 Å². The van der Waals surface area contributed by atoms with Gasteiger partial charge in [-0.05, 0) is 49.2 Å². The van der Waals surface area contributed by atoms with Gasteiger partial charge in [-0.3, -0.25) is 4.90 Å². The molecule has 3 rings (SSSR count). The number of hydrogen-bond donors (Lipinski definition) is 1. The van der Waals surface area contributed by atoms with Crippen LogP contribution >= 0.6 is 0 Å². The van der Waals surface area contributed by atoms with Crippen LogP contribution in [0.2, 0.25) is 0 Å². The normalized spacial score (nSPS) is 25.7. The quantitative estimate of drug-likeness (QED) is 0.779. The van der Waals surface area contributed by atoms with E-state index in [1.165, 1.54) is 24.0 Å². The molecule has 0 unspecified atom stereocenters. The van der Waals surface area contributed by atoms with E-state index in [1.807, 2.05) is 6.07 Å². The molecule has 0 saturated carbocycles. The molecule has 16 heavy (non-hydrogen) atoms. The number of rotatable bonds is 1. The van der Waals surface area contributed by atoms with Gasteiger partial charge in [0.05, 0.1) is 0 Å². The molecule has 1 aromatic rings. The summed E-state index contributed by atoms with van der Waals surface area (Å²) < 4.78 is 13.3. The zero-order valence-corrected chi connectivity index (χ0v) is 9.38. The standard InChI is InChI=1S/C13H17FN2/c14-11-4-3-10-8-15-9-13(12(10)7-11)16-5-1-2-6-16/h3-4,7,13,15H,1-2,5-6,8-9H2/t13-/m0/s1. The third-order valence-corrected chi connectivity index (χ3v) is 3.70.